The van der Waals surface area contributed by atoms with Crippen LogP contribution in [0.15, 0.2) is 30.3 Å². The molecule has 0 aliphatic rings. The fraction of sp³-hybridized carbons (Fsp3) is 0.143. The zero-order valence-corrected chi connectivity index (χ0v) is 13.4. The highest BCUT2D eigenvalue weighted by atomic mass is 35.5. The number of benzene rings is 2. The molecule has 0 saturated heterocycles. The van der Waals surface area contributed by atoms with Crippen molar-refractivity contribution in [2.24, 2.45) is 0 Å². The first-order chi connectivity index (χ1) is 9.40. The first kappa shape index (κ1) is 15.7. The molecule has 0 aliphatic carbocycles. The molecule has 0 fully saturated rings. The van der Waals surface area contributed by atoms with Crippen molar-refractivity contribution >= 4 is 52.1 Å². The van der Waals surface area contributed by atoms with Crippen molar-refractivity contribution in [3.8, 4) is 0 Å². The van der Waals surface area contributed by atoms with E-state index in [2.05, 4.69) is 5.32 Å². The Hall–Kier alpha value is -0.670. The second-order valence-corrected chi connectivity index (χ2v) is 5.85. The van der Waals surface area contributed by atoms with Crippen molar-refractivity contribution in [3.05, 3.63) is 61.8 Å². The van der Waals surface area contributed by atoms with Gasteiger partial charge < -0.3 is 5.32 Å². The first-order valence-electron chi connectivity index (χ1n) is 5.75. The van der Waals surface area contributed by atoms with Crippen LogP contribution in [0.3, 0.4) is 0 Å². The molecule has 0 spiro atoms. The molecule has 0 heterocycles. The molecule has 0 saturated carbocycles. The van der Waals surface area contributed by atoms with Gasteiger partial charge in [-0.2, -0.15) is 0 Å². The highest BCUT2D eigenvalue weighted by Gasteiger charge is 2.17. The molecule has 1 unspecified atom stereocenters. The molecule has 0 aromatic heterocycles. The molecule has 6 heteroatoms. The number of nitrogens with one attached hydrogen (secondary N) is 1. The Labute approximate surface area is 136 Å². The molecule has 2 aromatic rings. The van der Waals surface area contributed by atoms with Crippen molar-refractivity contribution in [1.82, 2.24) is 0 Å². The summed E-state index contributed by atoms with van der Waals surface area (Å²) < 4.78 is 13.5. The summed E-state index contributed by atoms with van der Waals surface area (Å²) in [6.45, 7) is 1.83. The van der Waals surface area contributed by atoms with Gasteiger partial charge in [-0.25, -0.2) is 4.39 Å². The van der Waals surface area contributed by atoms with Crippen LogP contribution in [0.5, 0.6) is 0 Å². The average Bonchev–Trinajstić information content (AvgIpc) is 2.39. The van der Waals surface area contributed by atoms with E-state index in [4.69, 9.17) is 46.4 Å². The molecule has 0 bridgehead atoms. The number of halogens is 5. The maximum absolute atomic E-state index is 13.5. The van der Waals surface area contributed by atoms with Gasteiger partial charge in [0, 0.05) is 16.3 Å². The van der Waals surface area contributed by atoms with Gasteiger partial charge in [-0.3, -0.25) is 0 Å². The minimum atomic E-state index is -0.506. The van der Waals surface area contributed by atoms with Gasteiger partial charge >= 0.3 is 0 Å². The molecule has 1 atom stereocenters. The Morgan fingerprint density at radius 3 is 2.25 bits per heavy atom. The zero-order chi connectivity index (χ0) is 14.9. The Morgan fingerprint density at radius 2 is 1.60 bits per heavy atom. The highest BCUT2D eigenvalue weighted by molar-refractivity contribution is 6.42. The van der Waals surface area contributed by atoms with Crippen LogP contribution in [0.1, 0.15) is 18.5 Å². The van der Waals surface area contributed by atoms with Gasteiger partial charge in [0.15, 0.2) is 0 Å². The summed E-state index contributed by atoms with van der Waals surface area (Å²) in [6, 6.07) is 7.55. The van der Waals surface area contributed by atoms with Crippen molar-refractivity contribution in [2.45, 2.75) is 13.0 Å². The molecule has 0 aliphatic heterocycles. The lowest BCUT2D eigenvalue weighted by atomic mass is 10.1. The maximum Gasteiger partial charge on any atom is 0.142 e. The number of anilines is 1. The molecule has 20 heavy (non-hydrogen) atoms. The Kier molecular flexibility index (Phi) is 5.03. The van der Waals surface area contributed by atoms with Crippen LogP contribution in [-0.2, 0) is 0 Å². The Morgan fingerprint density at radius 1 is 0.950 bits per heavy atom. The molecule has 0 amide bonds. The van der Waals surface area contributed by atoms with E-state index in [1.165, 1.54) is 12.1 Å². The fourth-order valence-electron chi connectivity index (χ4n) is 1.85. The quantitative estimate of drug-likeness (QED) is 0.612. The lowest BCUT2D eigenvalue weighted by Crippen LogP contribution is -2.08. The van der Waals surface area contributed by atoms with Gasteiger partial charge in [-0.1, -0.05) is 46.4 Å². The molecular weight excluding hydrogens is 343 g/mol. The minimum absolute atomic E-state index is 0.0116. The van der Waals surface area contributed by atoms with Crippen molar-refractivity contribution < 1.29 is 4.39 Å². The van der Waals surface area contributed by atoms with Gasteiger partial charge in [0.05, 0.1) is 21.1 Å². The molecule has 0 radical (unpaired) electrons. The Bertz CT molecular complexity index is 645. The minimum Gasteiger partial charge on any atom is -0.378 e. The van der Waals surface area contributed by atoms with Crippen LogP contribution >= 0.6 is 46.4 Å². The standard InChI is InChI=1S/C14H10Cl4FN/c1-7(13-10(16)4-5-12(19)14(13)18)20-8-2-3-9(15)11(17)6-8/h2-7,20H,1H3. The molecule has 2 rings (SSSR count). The van der Waals surface area contributed by atoms with Crippen molar-refractivity contribution in [3.63, 3.8) is 0 Å². The first-order valence-corrected chi connectivity index (χ1v) is 7.26. The largest absolute Gasteiger partial charge is 0.378 e. The third-order valence-electron chi connectivity index (χ3n) is 2.82. The second kappa shape index (κ2) is 6.40. The highest BCUT2D eigenvalue weighted by Crippen LogP contribution is 2.35. The van der Waals surface area contributed by atoms with E-state index in [0.29, 0.717) is 20.6 Å². The summed E-state index contributed by atoms with van der Waals surface area (Å²) in [4.78, 5) is 0. The lowest BCUT2D eigenvalue weighted by molar-refractivity contribution is 0.624. The van der Waals surface area contributed by atoms with E-state index in [0.717, 1.165) is 5.69 Å². The molecule has 1 nitrogen and oxygen atoms in total. The number of hydrogen-bond acceptors (Lipinski definition) is 1. The van der Waals surface area contributed by atoms with Crippen molar-refractivity contribution in [1.29, 1.82) is 0 Å². The van der Waals surface area contributed by atoms with E-state index in [1.54, 1.807) is 18.2 Å². The normalized spacial score (nSPS) is 12.3. The van der Waals surface area contributed by atoms with E-state index in [-0.39, 0.29) is 11.1 Å². The Balaban J connectivity index is 2.30. The molecule has 106 valence electrons. The summed E-state index contributed by atoms with van der Waals surface area (Å²) in [5.41, 5.74) is 1.24. The number of hydrogen-bond donors (Lipinski definition) is 1. The topological polar surface area (TPSA) is 12.0 Å². The van der Waals surface area contributed by atoms with Crippen LogP contribution < -0.4 is 5.32 Å². The summed E-state index contributed by atoms with van der Waals surface area (Å²) in [7, 11) is 0. The van der Waals surface area contributed by atoms with Crippen LogP contribution in [0, 0.1) is 5.82 Å². The summed E-state index contributed by atoms with van der Waals surface area (Å²) in [5.74, 6) is -0.506. The fourth-order valence-corrected chi connectivity index (χ4v) is 2.84. The summed E-state index contributed by atoms with van der Waals surface area (Å²) in [5, 5.41) is 4.46. The van der Waals surface area contributed by atoms with Gasteiger partial charge in [-0.15, -0.1) is 0 Å². The predicted octanol–water partition coefficient (Wildman–Crippen LogP) is 6.61. The van der Waals surface area contributed by atoms with E-state index in [1.807, 2.05) is 6.92 Å². The van der Waals surface area contributed by atoms with Crippen molar-refractivity contribution in [2.75, 3.05) is 5.32 Å². The van der Waals surface area contributed by atoms with Gasteiger partial charge in [0.2, 0.25) is 0 Å². The molecular formula is C14H10Cl4FN. The van der Waals surface area contributed by atoms with Gasteiger partial charge in [-0.05, 0) is 37.3 Å². The third kappa shape index (κ3) is 3.32. The molecule has 1 N–H and O–H groups in total. The van der Waals surface area contributed by atoms with Gasteiger partial charge in [0.1, 0.15) is 5.82 Å². The smallest absolute Gasteiger partial charge is 0.142 e. The predicted molar refractivity (Wildman–Crippen MR) is 84.9 cm³/mol. The lowest BCUT2D eigenvalue weighted by Gasteiger charge is -2.19. The zero-order valence-electron chi connectivity index (χ0n) is 10.4. The third-order valence-corrected chi connectivity index (χ3v) is 4.27. The van der Waals surface area contributed by atoms with Crippen LogP contribution in [0.25, 0.3) is 0 Å². The van der Waals surface area contributed by atoms with Crippen LogP contribution in [0.4, 0.5) is 10.1 Å². The summed E-state index contributed by atoms with van der Waals surface area (Å²) >= 11 is 23.9. The number of rotatable bonds is 3. The second-order valence-electron chi connectivity index (χ2n) is 4.25. The van der Waals surface area contributed by atoms with Gasteiger partial charge in [0.25, 0.3) is 0 Å². The van der Waals surface area contributed by atoms with E-state index in [9.17, 15) is 4.39 Å². The SMILES string of the molecule is CC(Nc1ccc(Cl)c(Cl)c1)c1c(Cl)ccc(F)c1Cl. The summed E-state index contributed by atoms with van der Waals surface area (Å²) in [6.07, 6.45) is 0. The average molecular weight is 353 g/mol. The van der Waals surface area contributed by atoms with E-state index >= 15 is 0 Å². The van der Waals surface area contributed by atoms with Crippen LogP contribution in [0.2, 0.25) is 20.1 Å². The van der Waals surface area contributed by atoms with E-state index < -0.39 is 5.82 Å². The monoisotopic (exact) mass is 351 g/mol. The maximum atomic E-state index is 13.5. The molecule has 2 aromatic carbocycles. The van der Waals surface area contributed by atoms with Crippen LogP contribution in [-0.4, -0.2) is 0 Å².